The fourth-order valence-electron chi connectivity index (χ4n) is 5.34. The number of ether oxygens (including phenoxy) is 2. The highest BCUT2D eigenvalue weighted by molar-refractivity contribution is 6.13. The highest BCUT2D eigenvalue weighted by atomic mass is 16.5. The van der Waals surface area contributed by atoms with Gasteiger partial charge in [0.1, 0.15) is 0 Å². The second-order valence-electron chi connectivity index (χ2n) is 13.2. The Bertz CT molecular complexity index is 1620. The van der Waals surface area contributed by atoms with Crippen LogP contribution in [0.15, 0.2) is 60.7 Å². The molecule has 2 aromatic rings. The molecule has 2 N–H and O–H groups in total. The highest BCUT2D eigenvalue weighted by Crippen LogP contribution is 2.26. The van der Waals surface area contributed by atoms with E-state index in [1.165, 1.54) is 12.2 Å². The van der Waals surface area contributed by atoms with Crippen LogP contribution in [-0.2, 0) is 40.0 Å². The minimum atomic E-state index is -0.548. The number of imide groups is 1. The third kappa shape index (κ3) is 11.4. The monoisotopic (exact) mass is 670 g/mol. The lowest BCUT2D eigenvalue weighted by Crippen LogP contribution is -2.37. The normalized spacial score (nSPS) is 14.0. The number of nitrogens with one attached hydrogen (secondary N) is 2. The zero-order valence-electron chi connectivity index (χ0n) is 28.8. The lowest BCUT2D eigenvalue weighted by atomic mass is 10.0. The number of anilines is 1. The van der Waals surface area contributed by atoms with Gasteiger partial charge in [-0.1, -0.05) is 42.2 Å². The minimum absolute atomic E-state index is 0.0285. The fourth-order valence-corrected chi connectivity index (χ4v) is 5.34. The summed E-state index contributed by atoms with van der Waals surface area (Å²) >= 11 is 0. The first-order valence-corrected chi connectivity index (χ1v) is 16.7. The van der Waals surface area contributed by atoms with Gasteiger partial charge < -0.3 is 25.0 Å². The summed E-state index contributed by atoms with van der Waals surface area (Å²) in [7, 11) is 0. The second kappa shape index (κ2) is 17.0. The number of carbonyl (C=O) groups excluding carboxylic acids is 5. The molecule has 0 aromatic heterocycles. The Hall–Kier alpha value is -4.79. The molecular formula is C38H46N4O7. The maximum absolute atomic E-state index is 13.4. The second-order valence-corrected chi connectivity index (χ2v) is 13.2. The largest absolute Gasteiger partial charge is 0.375 e. The average Bonchev–Trinajstić information content (AvgIpc) is 3.38. The quantitative estimate of drug-likeness (QED) is 0.149. The summed E-state index contributed by atoms with van der Waals surface area (Å²) in [6.45, 7) is 9.43. The van der Waals surface area contributed by atoms with Crippen molar-refractivity contribution in [2.75, 3.05) is 37.7 Å². The van der Waals surface area contributed by atoms with Crippen molar-refractivity contribution < 1.29 is 33.4 Å². The van der Waals surface area contributed by atoms with Crippen molar-refractivity contribution in [2.45, 2.75) is 77.5 Å². The summed E-state index contributed by atoms with van der Waals surface area (Å²) < 4.78 is 12.0. The van der Waals surface area contributed by atoms with Gasteiger partial charge in [-0.25, -0.2) is 0 Å². The van der Waals surface area contributed by atoms with E-state index in [1.54, 1.807) is 4.90 Å². The fraction of sp³-hybridized carbons (Fsp3) is 0.447. The molecule has 2 aliphatic rings. The van der Waals surface area contributed by atoms with Gasteiger partial charge in [-0.2, -0.15) is 0 Å². The number of benzene rings is 2. The van der Waals surface area contributed by atoms with Crippen LogP contribution in [0.1, 0.15) is 76.5 Å². The Balaban J connectivity index is 1.11. The molecule has 2 heterocycles. The van der Waals surface area contributed by atoms with Gasteiger partial charge in [0.15, 0.2) is 0 Å². The van der Waals surface area contributed by atoms with Gasteiger partial charge in [-0.3, -0.25) is 28.9 Å². The zero-order chi connectivity index (χ0) is 35.4. The first-order chi connectivity index (χ1) is 23.3. The van der Waals surface area contributed by atoms with Crippen molar-refractivity contribution in [3.63, 3.8) is 0 Å². The molecule has 5 amide bonds. The lowest BCUT2D eigenvalue weighted by molar-refractivity contribution is -0.137. The summed E-state index contributed by atoms with van der Waals surface area (Å²) in [6.07, 6.45) is 3.93. The van der Waals surface area contributed by atoms with Crippen molar-refractivity contribution >= 4 is 35.2 Å². The predicted octanol–water partition coefficient (Wildman–Crippen LogP) is 3.63. The molecule has 0 saturated carbocycles. The molecule has 0 fully saturated rings. The van der Waals surface area contributed by atoms with Crippen molar-refractivity contribution in [2.24, 2.45) is 0 Å². The predicted molar refractivity (Wildman–Crippen MR) is 185 cm³/mol. The summed E-state index contributed by atoms with van der Waals surface area (Å²) in [6, 6.07) is 15.4. The number of nitrogens with zero attached hydrogens (tertiary/aromatic N) is 2. The number of hydrogen-bond donors (Lipinski definition) is 2. The van der Waals surface area contributed by atoms with E-state index in [9.17, 15) is 24.0 Å². The van der Waals surface area contributed by atoms with E-state index in [0.29, 0.717) is 39.1 Å². The number of carbonyl (C=O) groups is 5. The van der Waals surface area contributed by atoms with E-state index >= 15 is 0 Å². The summed E-state index contributed by atoms with van der Waals surface area (Å²) in [5.41, 5.74) is 2.37. The van der Waals surface area contributed by atoms with Gasteiger partial charge in [0, 0.05) is 62.2 Å². The topological polar surface area (TPSA) is 134 Å². The highest BCUT2D eigenvalue weighted by Gasteiger charge is 2.26. The number of rotatable bonds is 17. The first-order valence-electron chi connectivity index (χ1n) is 16.7. The molecule has 11 heteroatoms. The Morgan fingerprint density at radius 2 is 1.33 bits per heavy atom. The van der Waals surface area contributed by atoms with Crippen molar-refractivity contribution in [1.82, 2.24) is 15.5 Å². The summed E-state index contributed by atoms with van der Waals surface area (Å²) in [5.74, 6) is 5.10. The molecule has 49 heavy (non-hydrogen) atoms. The summed E-state index contributed by atoms with van der Waals surface area (Å²) in [5, 5.41) is 5.62. The van der Waals surface area contributed by atoms with Crippen molar-refractivity contribution in [3.8, 4) is 11.8 Å². The van der Waals surface area contributed by atoms with Crippen molar-refractivity contribution in [3.05, 3.63) is 77.4 Å². The molecule has 0 aliphatic carbocycles. The van der Waals surface area contributed by atoms with Crippen LogP contribution < -0.4 is 15.5 Å². The molecule has 260 valence electrons. The van der Waals surface area contributed by atoms with E-state index in [2.05, 4.69) is 22.5 Å². The minimum Gasteiger partial charge on any atom is -0.375 e. The Morgan fingerprint density at radius 1 is 0.735 bits per heavy atom. The molecular weight excluding hydrogens is 624 g/mol. The van der Waals surface area contributed by atoms with Crippen LogP contribution in [0.25, 0.3) is 0 Å². The van der Waals surface area contributed by atoms with Gasteiger partial charge in [-0.15, -0.1) is 0 Å². The molecule has 2 aromatic carbocycles. The zero-order valence-corrected chi connectivity index (χ0v) is 28.8. The van der Waals surface area contributed by atoms with Crippen LogP contribution >= 0.6 is 0 Å². The van der Waals surface area contributed by atoms with Crippen molar-refractivity contribution in [1.29, 1.82) is 0 Å². The Morgan fingerprint density at radius 3 is 2.08 bits per heavy atom. The lowest BCUT2D eigenvalue weighted by Gasteiger charge is -2.30. The van der Waals surface area contributed by atoms with Gasteiger partial charge >= 0.3 is 0 Å². The molecule has 0 saturated heterocycles. The molecule has 4 rings (SSSR count). The van der Waals surface area contributed by atoms with E-state index < -0.39 is 23.0 Å². The number of fused-ring (bicyclic) bond motifs is 2. The maximum atomic E-state index is 13.4. The van der Waals surface area contributed by atoms with Gasteiger partial charge in [-0.05, 0) is 64.3 Å². The molecule has 11 nitrogen and oxygen atoms in total. The van der Waals surface area contributed by atoms with Crippen LogP contribution in [0.2, 0.25) is 0 Å². The molecule has 2 aliphatic heterocycles. The first kappa shape index (κ1) is 37.0. The third-order valence-corrected chi connectivity index (χ3v) is 8.37. The van der Waals surface area contributed by atoms with Crippen LogP contribution in [0.4, 0.5) is 5.69 Å². The molecule has 0 unspecified atom stereocenters. The summed E-state index contributed by atoms with van der Waals surface area (Å²) in [4.78, 5) is 64.1. The van der Waals surface area contributed by atoms with Crippen LogP contribution in [0, 0.1) is 11.8 Å². The van der Waals surface area contributed by atoms with Crippen LogP contribution in [-0.4, -0.2) is 78.5 Å². The molecule has 0 spiro atoms. The van der Waals surface area contributed by atoms with Gasteiger partial charge in [0.25, 0.3) is 11.8 Å². The van der Waals surface area contributed by atoms with Crippen LogP contribution in [0.5, 0.6) is 0 Å². The third-order valence-electron chi connectivity index (χ3n) is 8.37. The standard InChI is InChI=1S/C38H46N4O7/c1-37(2,48-25-21-38(3,4)49-26-23-40-33(44)19-24-41-34(45)15-16-35(41)46)20-17-32(43)39-22-18-36(47)42-27-30-11-6-5-9-28(30)13-14-29-10-7-8-12-31(29)42/h5-12,15-16H,17-27H2,1-4H3,(H,39,43)(H,40,44). The maximum Gasteiger partial charge on any atom is 0.253 e. The SMILES string of the molecule is CC(C)(CCOC(C)(C)CCC(=O)NCCC(=O)N1Cc2ccccc2C#Cc2ccccc21)OCCNC(=O)CCN1C(=O)C=CC1=O. The Kier molecular flexibility index (Phi) is 12.9. The number of para-hydroxylation sites is 1. The van der Waals surface area contributed by atoms with E-state index in [4.69, 9.17) is 9.47 Å². The van der Waals surface area contributed by atoms with Gasteiger partial charge in [0.2, 0.25) is 17.7 Å². The van der Waals surface area contributed by atoms with E-state index in [0.717, 1.165) is 27.3 Å². The number of hydrogen-bond acceptors (Lipinski definition) is 7. The molecule has 0 atom stereocenters. The van der Waals surface area contributed by atoms with E-state index in [1.807, 2.05) is 76.2 Å². The Labute approximate surface area is 288 Å². The molecule has 0 radical (unpaired) electrons. The smallest absolute Gasteiger partial charge is 0.253 e. The van der Waals surface area contributed by atoms with Crippen LogP contribution in [0.3, 0.4) is 0 Å². The van der Waals surface area contributed by atoms with E-state index in [-0.39, 0.29) is 50.1 Å². The average molecular weight is 671 g/mol. The van der Waals surface area contributed by atoms with Gasteiger partial charge in [0.05, 0.1) is 36.6 Å². The number of amides is 5. The molecule has 0 bridgehead atoms.